The van der Waals surface area contributed by atoms with Crippen LogP contribution in [0.15, 0.2) is 74.2 Å². The standard InChI is InChI=1S/C22H16BrN3O5/c1-13-19(22(27)25(24-13)15-5-3-4-14(23)10-15)11-17-7-9-21(31-17)18-8-6-16(30-2)12-20(18)26(28)29/h3-12H,1-2H3. The molecule has 156 valence electrons. The molecule has 0 saturated carbocycles. The van der Waals surface area contributed by atoms with Gasteiger partial charge in [-0.25, -0.2) is 0 Å². The Balaban J connectivity index is 1.66. The predicted molar refractivity (Wildman–Crippen MR) is 120 cm³/mol. The molecular formula is C22H16BrN3O5. The zero-order valence-electron chi connectivity index (χ0n) is 16.5. The van der Waals surface area contributed by atoms with E-state index in [9.17, 15) is 14.9 Å². The lowest BCUT2D eigenvalue weighted by molar-refractivity contribution is -0.384. The molecule has 0 spiro atoms. The second-order valence-electron chi connectivity index (χ2n) is 6.68. The summed E-state index contributed by atoms with van der Waals surface area (Å²) in [5.74, 6) is 0.781. The average Bonchev–Trinajstić information content (AvgIpc) is 3.33. The molecule has 31 heavy (non-hydrogen) atoms. The van der Waals surface area contributed by atoms with Crippen LogP contribution in [0.2, 0.25) is 0 Å². The quantitative estimate of drug-likeness (QED) is 0.274. The van der Waals surface area contributed by atoms with E-state index in [1.165, 1.54) is 18.2 Å². The third-order valence-electron chi connectivity index (χ3n) is 4.70. The van der Waals surface area contributed by atoms with Gasteiger partial charge < -0.3 is 9.15 Å². The first-order valence-corrected chi connectivity index (χ1v) is 9.96. The lowest BCUT2D eigenvalue weighted by Gasteiger charge is -2.11. The van der Waals surface area contributed by atoms with E-state index in [4.69, 9.17) is 9.15 Å². The summed E-state index contributed by atoms with van der Waals surface area (Å²) in [6.45, 7) is 1.74. The summed E-state index contributed by atoms with van der Waals surface area (Å²) in [7, 11) is 1.44. The van der Waals surface area contributed by atoms with Gasteiger partial charge in [0.1, 0.15) is 17.3 Å². The molecule has 1 amide bonds. The van der Waals surface area contributed by atoms with Gasteiger partial charge in [0.2, 0.25) is 0 Å². The topological polar surface area (TPSA) is 98.2 Å². The van der Waals surface area contributed by atoms with E-state index in [-0.39, 0.29) is 11.6 Å². The summed E-state index contributed by atoms with van der Waals surface area (Å²) < 4.78 is 11.7. The number of halogens is 1. The summed E-state index contributed by atoms with van der Waals surface area (Å²) in [5, 5.41) is 17.1. The Hall–Kier alpha value is -3.72. The van der Waals surface area contributed by atoms with Gasteiger partial charge in [0.15, 0.2) is 0 Å². The van der Waals surface area contributed by atoms with Crippen molar-refractivity contribution in [2.24, 2.45) is 5.10 Å². The molecule has 1 aromatic heterocycles. The van der Waals surface area contributed by atoms with Crippen LogP contribution in [0.4, 0.5) is 11.4 Å². The molecule has 1 aliphatic rings. The Morgan fingerprint density at radius 2 is 2.00 bits per heavy atom. The number of rotatable bonds is 5. The lowest BCUT2D eigenvalue weighted by Crippen LogP contribution is -2.21. The first-order valence-electron chi connectivity index (χ1n) is 9.17. The normalized spacial score (nSPS) is 14.8. The number of nitro benzene ring substituents is 1. The maximum Gasteiger partial charge on any atom is 0.284 e. The Labute approximate surface area is 185 Å². The summed E-state index contributed by atoms with van der Waals surface area (Å²) >= 11 is 3.39. The van der Waals surface area contributed by atoms with Crippen LogP contribution in [-0.2, 0) is 4.79 Å². The van der Waals surface area contributed by atoms with Gasteiger partial charge in [-0.2, -0.15) is 10.1 Å². The highest BCUT2D eigenvalue weighted by molar-refractivity contribution is 9.10. The van der Waals surface area contributed by atoms with E-state index in [1.807, 2.05) is 12.1 Å². The molecule has 4 rings (SSSR count). The van der Waals surface area contributed by atoms with Crippen molar-refractivity contribution in [3.05, 3.63) is 80.5 Å². The molecule has 0 N–H and O–H groups in total. The van der Waals surface area contributed by atoms with Gasteiger partial charge in [-0.3, -0.25) is 14.9 Å². The Morgan fingerprint density at radius 1 is 1.19 bits per heavy atom. The molecule has 0 fully saturated rings. The van der Waals surface area contributed by atoms with E-state index >= 15 is 0 Å². The molecule has 0 aliphatic carbocycles. The summed E-state index contributed by atoms with van der Waals surface area (Å²) in [4.78, 5) is 23.9. The lowest BCUT2D eigenvalue weighted by atomic mass is 10.1. The first kappa shape index (κ1) is 20.5. The smallest absolute Gasteiger partial charge is 0.284 e. The van der Waals surface area contributed by atoms with Crippen molar-refractivity contribution < 1.29 is 18.9 Å². The van der Waals surface area contributed by atoms with Crippen LogP contribution in [0.3, 0.4) is 0 Å². The highest BCUT2D eigenvalue weighted by Gasteiger charge is 2.29. The van der Waals surface area contributed by atoms with Crippen molar-refractivity contribution >= 4 is 45.0 Å². The number of methoxy groups -OCH3 is 1. The minimum Gasteiger partial charge on any atom is -0.497 e. The molecule has 0 unspecified atom stereocenters. The van der Waals surface area contributed by atoms with Crippen molar-refractivity contribution in [2.75, 3.05) is 12.1 Å². The number of hydrazone groups is 1. The minimum atomic E-state index is -0.494. The fourth-order valence-electron chi connectivity index (χ4n) is 3.18. The van der Waals surface area contributed by atoms with Crippen LogP contribution in [0.25, 0.3) is 17.4 Å². The number of nitro groups is 1. The molecule has 0 radical (unpaired) electrons. The molecule has 3 aromatic rings. The molecule has 0 saturated heterocycles. The Bertz CT molecular complexity index is 1260. The number of nitrogens with zero attached hydrogens (tertiary/aromatic N) is 3. The number of carbonyl (C=O) groups excluding carboxylic acids is 1. The molecule has 1 aliphatic heterocycles. The highest BCUT2D eigenvalue weighted by atomic mass is 79.9. The van der Waals surface area contributed by atoms with Crippen LogP contribution in [-0.4, -0.2) is 23.7 Å². The average molecular weight is 482 g/mol. The van der Waals surface area contributed by atoms with E-state index in [0.29, 0.717) is 39.8 Å². The molecule has 0 bridgehead atoms. The van der Waals surface area contributed by atoms with Gasteiger partial charge in [-0.15, -0.1) is 0 Å². The summed E-state index contributed by atoms with van der Waals surface area (Å²) in [5.41, 5.74) is 1.73. The summed E-state index contributed by atoms with van der Waals surface area (Å²) in [6.07, 6.45) is 1.58. The molecule has 9 heteroatoms. The number of hydrogen-bond acceptors (Lipinski definition) is 6. The van der Waals surface area contributed by atoms with Gasteiger partial charge in [-0.05, 0) is 55.5 Å². The summed E-state index contributed by atoms with van der Waals surface area (Å²) in [6, 6.07) is 15.1. The monoisotopic (exact) mass is 481 g/mol. The van der Waals surface area contributed by atoms with Crippen molar-refractivity contribution in [1.29, 1.82) is 0 Å². The number of ether oxygens (including phenoxy) is 1. The van der Waals surface area contributed by atoms with E-state index < -0.39 is 4.92 Å². The zero-order chi connectivity index (χ0) is 22.1. The van der Waals surface area contributed by atoms with Crippen molar-refractivity contribution in [3.8, 4) is 17.1 Å². The predicted octanol–water partition coefficient (Wildman–Crippen LogP) is 5.43. The van der Waals surface area contributed by atoms with E-state index in [1.54, 1.807) is 49.4 Å². The fraction of sp³-hybridized carbons (Fsp3) is 0.0909. The Kier molecular flexibility index (Phi) is 5.43. The SMILES string of the molecule is COc1ccc(-c2ccc(C=C3C(=O)N(c4cccc(Br)c4)N=C3C)o2)c([N+](=O)[O-])c1. The highest BCUT2D eigenvalue weighted by Crippen LogP contribution is 2.35. The number of hydrogen-bond donors (Lipinski definition) is 0. The third-order valence-corrected chi connectivity index (χ3v) is 5.19. The number of carbonyl (C=O) groups is 1. The molecule has 8 nitrogen and oxygen atoms in total. The molecular weight excluding hydrogens is 466 g/mol. The van der Waals surface area contributed by atoms with Gasteiger partial charge in [0.25, 0.3) is 11.6 Å². The van der Waals surface area contributed by atoms with Crippen LogP contribution in [0, 0.1) is 10.1 Å². The number of amides is 1. The second-order valence-corrected chi connectivity index (χ2v) is 7.60. The van der Waals surface area contributed by atoms with E-state index in [0.717, 1.165) is 4.47 Å². The Morgan fingerprint density at radius 3 is 2.71 bits per heavy atom. The molecule has 2 aromatic carbocycles. The second kappa shape index (κ2) is 8.19. The zero-order valence-corrected chi connectivity index (χ0v) is 18.1. The van der Waals surface area contributed by atoms with Crippen LogP contribution in [0.1, 0.15) is 12.7 Å². The van der Waals surface area contributed by atoms with Crippen molar-refractivity contribution in [2.45, 2.75) is 6.92 Å². The van der Waals surface area contributed by atoms with Crippen LogP contribution >= 0.6 is 15.9 Å². The molecule has 0 atom stereocenters. The van der Waals surface area contributed by atoms with Crippen molar-refractivity contribution in [3.63, 3.8) is 0 Å². The number of anilines is 1. The largest absolute Gasteiger partial charge is 0.497 e. The van der Waals surface area contributed by atoms with Gasteiger partial charge in [0, 0.05) is 4.47 Å². The number of furan rings is 1. The van der Waals surface area contributed by atoms with Crippen molar-refractivity contribution in [1.82, 2.24) is 0 Å². The van der Waals surface area contributed by atoms with Gasteiger partial charge in [-0.1, -0.05) is 22.0 Å². The minimum absolute atomic E-state index is 0.136. The maximum atomic E-state index is 12.9. The molecule has 2 heterocycles. The van der Waals surface area contributed by atoms with E-state index in [2.05, 4.69) is 21.0 Å². The van der Waals surface area contributed by atoms with Gasteiger partial charge >= 0.3 is 0 Å². The van der Waals surface area contributed by atoms with Crippen LogP contribution in [0.5, 0.6) is 5.75 Å². The first-order chi connectivity index (χ1) is 14.9. The fourth-order valence-corrected chi connectivity index (χ4v) is 3.57. The third kappa shape index (κ3) is 3.99. The maximum absolute atomic E-state index is 12.9. The van der Waals surface area contributed by atoms with Crippen LogP contribution < -0.4 is 9.75 Å². The van der Waals surface area contributed by atoms with Gasteiger partial charge in [0.05, 0.1) is 40.6 Å². The number of benzene rings is 2.